The van der Waals surface area contributed by atoms with Crippen molar-refractivity contribution in [1.29, 1.82) is 5.26 Å². The maximum Gasteiger partial charge on any atom is 0.145 e. The molecule has 0 aromatic heterocycles. The summed E-state index contributed by atoms with van der Waals surface area (Å²) in [7, 11) is 0. The van der Waals surface area contributed by atoms with Crippen LogP contribution in [0.5, 0.6) is 0 Å². The van der Waals surface area contributed by atoms with E-state index >= 15 is 0 Å². The third-order valence-corrected chi connectivity index (χ3v) is 3.96. The van der Waals surface area contributed by atoms with Crippen molar-refractivity contribution in [2.75, 3.05) is 19.6 Å². The predicted molar refractivity (Wildman–Crippen MR) is 82.2 cm³/mol. The molecule has 2 unspecified atom stereocenters. The van der Waals surface area contributed by atoms with Crippen molar-refractivity contribution in [2.45, 2.75) is 38.8 Å². The van der Waals surface area contributed by atoms with Crippen LogP contribution in [-0.4, -0.2) is 30.6 Å². The Labute approximate surface area is 122 Å². The Morgan fingerprint density at radius 1 is 1.40 bits per heavy atom. The Kier molecular flexibility index (Phi) is 4.80. The maximum absolute atomic E-state index is 9.87. The van der Waals surface area contributed by atoms with Gasteiger partial charge in [-0.3, -0.25) is 10.2 Å². The fraction of sp³-hybridized carbons (Fsp3) is 0.588. The molecule has 0 saturated carbocycles. The van der Waals surface area contributed by atoms with Crippen LogP contribution in [0.4, 0.5) is 0 Å². The third kappa shape index (κ3) is 3.39. The average molecular weight is 271 g/mol. The van der Waals surface area contributed by atoms with Gasteiger partial charge in [0.25, 0.3) is 0 Å². The van der Waals surface area contributed by atoms with Crippen LogP contribution >= 0.6 is 0 Å². The van der Waals surface area contributed by atoms with Crippen molar-refractivity contribution in [1.82, 2.24) is 10.2 Å². The number of benzene rings is 1. The third-order valence-electron chi connectivity index (χ3n) is 3.96. The molecular weight excluding hydrogens is 246 g/mol. The zero-order valence-corrected chi connectivity index (χ0v) is 12.8. The Morgan fingerprint density at radius 2 is 2.10 bits per heavy atom. The molecule has 1 aliphatic heterocycles. The van der Waals surface area contributed by atoms with Crippen LogP contribution < -0.4 is 5.32 Å². The number of nitrogens with one attached hydrogen (secondary N) is 1. The smallest absolute Gasteiger partial charge is 0.145 e. The molecule has 1 heterocycles. The molecule has 1 aliphatic rings. The van der Waals surface area contributed by atoms with E-state index in [2.05, 4.69) is 49.2 Å². The number of rotatable bonds is 5. The van der Waals surface area contributed by atoms with Crippen LogP contribution in [0.15, 0.2) is 30.3 Å². The largest absolute Gasteiger partial charge is 0.300 e. The lowest BCUT2D eigenvalue weighted by molar-refractivity contribution is 0.234. The maximum atomic E-state index is 9.87. The highest BCUT2D eigenvalue weighted by Crippen LogP contribution is 2.26. The molecule has 3 heteroatoms. The first-order chi connectivity index (χ1) is 9.55. The van der Waals surface area contributed by atoms with Gasteiger partial charge < -0.3 is 0 Å². The molecule has 0 spiro atoms. The zero-order valence-electron chi connectivity index (χ0n) is 12.8. The Morgan fingerprint density at radius 3 is 2.60 bits per heavy atom. The van der Waals surface area contributed by atoms with E-state index in [1.165, 1.54) is 6.42 Å². The molecule has 1 aromatic rings. The van der Waals surface area contributed by atoms with Gasteiger partial charge in [0.05, 0.1) is 6.07 Å². The number of likely N-dealkylation sites (tertiary alicyclic amines) is 1. The second kappa shape index (κ2) is 6.39. The summed E-state index contributed by atoms with van der Waals surface area (Å²) >= 11 is 0. The minimum Gasteiger partial charge on any atom is -0.300 e. The second-order valence-electron chi connectivity index (χ2n) is 6.31. The molecule has 3 nitrogen and oxygen atoms in total. The van der Waals surface area contributed by atoms with Gasteiger partial charge in [0.2, 0.25) is 0 Å². The number of nitrogens with zero attached hydrogens (tertiary/aromatic N) is 2. The Hall–Kier alpha value is -1.37. The monoisotopic (exact) mass is 271 g/mol. The number of hydrogen-bond donors (Lipinski definition) is 1. The number of hydrogen-bond acceptors (Lipinski definition) is 3. The van der Waals surface area contributed by atoms with E-state index in [1.807, 2.05) is 18.2 Å². The lowest BCUT2D eigenvalue weighted by Crippen LogP contribution is -2.52. The second-order valence-corrected chi connectivity index (χ2v) is 6.31. The predicted octanol–water partition coefficient (Wildman–Crippen LogP) is 2.75. The van der Waals surface area contributed by atoms with Gasteiger partial charge in [0.15, 0.2) is 0 Å². The van der Waals surface area contributed by atoms with Gasteiger partial charge in [0, 0.05) is 19.1 Å². The van der Waals surface area contributed by atoms with Crippen LogP contribution in [0.2, 0.25) is 0 Å². The minimum absolute atomic E-state index is 0.273. The lowest BCUT2D eigenvalue weighted by Gasteiger charge is -2.34. The SMILES string of the molecule is CC1CCN(CC(C#N)(NC(C)C)c2ccccc2)C1. The van der Waals surface area contributed by atoms with Crippen molar-refractivity contribution in [2.24, 2.45) is 5.92 Å². The van der Waals surface area contributed by atoms with E-state index in [4.69, 9.17) is 0 Å². The van der Waals surface area contributed by atoms with Gasteiger partial charge in [-0.05, 0) is 38.3 Å². The van der Waals surface area contributed by atoms with E-state index in [0.29, 0.717) is 0 Å². The Bertz CT molecular complexity index is 463. The van der Waals surface area contributed by atoms with Gasteiger partial charge in [-0.1, -0.05) is 37.3 Å². The Balaban J connectivity index is 2.26. The molecule has 0 radical (unpaired) electrons. The van der Waals surface area contributed by atoms with Crippen molar-refractivity contribution in [3.63, 3.8) is 0 Å². The van der Waals surface area contributed by atoms with Crippen LogP contribution in [-0.2, 0) is 5.54 Å². The highest BCUT2D eigenvalue weighted by Gasteiger charge is 2.36. The highest BCUT2D eigenvalue weighted by molar-refractivity contribution is 5.32. The van der Waals surface area contributed by atoms with Crippen molar-refractivity contribution in [3.8, 4) is 6.07 Å². The summed E-state index contributed by atoms with van der Waals surface area (Å²) in [5.74, 6) is 0.737. The summed E-state index contributed by atoms with van der Waals surface area (Å²) in [5.41, 5.74) is 0.454. The van der Waals surface area contributed by atoms with Crippen molar-refractivity contribution in [3.05, 3.63) is 35.9 Å². The van der Waals surface area contributed by atoms with E-state index < -0.39 is 5.54 Å². The molecule has 1 aromatic carbocycles. The molecule has 20 heavy (non-hydrogen) atoms. The summed E-state index contributed by atoms with van der Waals surface area (Å²) in [6, 6.07) is 13.0. The van der Waals surface area contributed by atoms with E-state index in [0.717, 1.165) is 31.1 Å². The van der Waals surface area contributed by atoms with Crippen LogP contribution in [0.25, 0.3) is 0 Å². The molecule has 1 fully saturated rings. The fourth-order valence-electron chi connectivity index (χ4n) is 3.07. The first-order valence-electron chi connectivity index (χ1n) is 7.52. The first-order valence-corrected chi connectivity index (χ1v) is 7.52. The van der Waals surface area contributed by atoms with Gasteiger partial charge in [-0.25, -0.2) is 0 Å². The van der Waals surface area contributed by atoms with Gasteiger partial charge in [-0.15, -0.1) is 0 Å². The average Bonchev–Trinajstić information content (AvgIpc) is 2.83. The summed E-state index contributed by atoms with van der Waals surface area (Å²) in [4.78, 5) is 2.41. The normalized spacial score (nSPS) is 22.6. The van der Waals surface area contributed by atoms with Gasteiger partial charge >= 0.3 is 0 Å². The van der Waals surface area contributed by atoms with Crippen LogP contribution in [0.1, 0.15) is 32.8 Å². The molecule has 1 N–H and O–H groups in total. The van der Waals surface area contributed by atoms with E-state index in [9.17, 15) is 5.26 Å². The molecule has 1 saturated heterocycles. The van der Waals surface area contributed by atoms with Gasteiger partial charge in [0.1, 0.15) is 5.54 Å². The summed E-state index contributed by atoms with van der Waals surface area (Å²) < 4.78 is 0. The molecular formula is C17H25N3. The topological polar surface area (TPSA) is 39.1 Å². The molecule has 0 bridgehead atoms. The summed E-state index contributed by atoms with van der Waals surface area (Å²) in [5, 5.41) is 13.4. The van der Waals surface area contributed by atoms with E-state index in [-0.39, 0.29) is 6.04 Å². The van der Waals surface area contributed by atoms with E-state index in [1.54, 1.807) is 0 Å². The fourth-order valence-corrected chi connectivity index (χ4v) is 3.07. The standard InChI is InChI=1S/C17H25N3/c1-14(2)19-17(12-18,16-7-5-4-6-8-16)13-20-10-9-15(3)11-20/h4-8,14-15,19H,9-11,13H2,1-3H3. The molecule has 0 aliphatic carbocycles. The quantitative estimate of drug-likeness (QED) is 0.895. The summed E-state index contributed by atoms with van der Waals surface area (Å²) in [6.45, 7) is 9.43. The minimum atomic E-state index is -0.612. The number of nitriles is 1. The lowest BCUT2D eigenvalue weighted by atomic mass is 9.89. The first kappa shape index (κ1) is 15.0. The van der Waals surface area contributed by atoms with Crippen LogP contribution in [0, 0.1) is 17.2 Å². The molecule has 2 atom stereocenters. The molecule has 0 amide bonds. The van der Waals surface area contributed by atoms with Crippen molar-refractivity contribution < 1.29 is 0 Å². The van der Waals surface area contributed by atoms with Crippen molar-refractivity contribution >= 4 is 0 Å². The van der Waals surface area contributed by atoms with Gasteiger partial charge in [-0.2, -0.15) is 5.26 Å². The highest BCUT2D eigenvalue weighted by atomic mass is 15.2. The zero-order chi connectivity index (χ0) is 14.6. The molecule has 108 valence electrons. The molecule has 2 rings (SSSR count). The summed E-state index contributed by atoms with van der Waals surface area (Å²) in [6.07, 6.45) is 1.23. The van der Waals surface area contributed by atoms with Crippen LogP contribution in [0.3, 0.4) is 0 Å².